The van der Waals surface area contributed by atoms with Gasteiger partial charge in [0.25, 0.3) is 11.8 Å². The Balaban J connectivity index is 1.94. The highest BCUT2D eigenvalue weighted by molar-refractivity contribution is 7.91. The Kier molecular flexibility index (Phi) is 7.68. The molecule has 1 heterocycles. The van der Waals surface area contributed by atoms with Gasteiger partial charge in [-0.25, -0.2) is 13.2 Å². The number of carbonyl (C=O) groups excluding carboxylic acids is 3. The number of hydrogen-bond donors (Lipinski definition) is 2. The number of amides is 3. The third kappa shape index (κ3) is 5.36. The predicted octanol–water partition coefficient (Wildman–Crippen LogP) is 3.95. The van der Waals surface area contributed by atoms with Crippen molar-refractivity contribution in [1.82, 2.24) is 5.32 Å². The summed E-state index contributed by atoms with van der Waals surface area (Å²) in [6.07, 6.45) is 3.56. The number of carbonyl (C=O) groups is 3. The number of benzene rings is 1. The van der Waals surface area contributed by atoms with Gasteiger partial charge in [0, 0.05) is 10.4 Å². The van der Waals surface area contributed by atoms with Gasteiger partial charge < -0.3 is 10.1 Å². The fourth-order valence-corrected chi connectivity index (χ4v) is 5.77. The van der Waals surface area contributed by atoms with Gasteiger partial charge >= 0.3 is 6.09 Å². The Morgan fingerprint density at radius 2 is 1.81 bits per heavy atom. The van der Waals surface area contributed by atoms with E-state index in [4.69, 9.17) is 4.74 Å². The summed E-state index contributed by atoms with van der Waals surface area (Å²) in [7, 11) is -3.47. The van der Waals surface area contributed by atoms with E-state index in [1.807, 2.05) is 0 Å². The maximum atomic E-state index is 12.9. The molecule has 0 spiro atoms. The molecule has 172 valence electrons. The molecule has 0 radical (unpaired) electrons. The van der Waals surface area contributed by atoms with Crippen molar-refractivity contribution in [2.24, 2.45) is 0 Å². The van der Waals surface area contributed by atoms with Crippen molar-refractivity contribution in [2.45, 2.75) is 50.8 Å². The Morgan fingerprint density at radius 3 is 2.53 bits per heavy atom. The van der Waals surface area contributed by atoms with Crippen LogP contribution in [0.1, 0.15) is 64.3 Å². The number of alkyl carbamates (subject to hydrolysis) is 1. The zero-order valence-electron chi connectivity index (χ0n) is 18.0. The monoisotopic (exact) mass is 478 g/mol. The van der Waals surface area contributed by atoms with Crippen molar-refractivity contribution in [3.8, 4) is 0 Å². The number of aryl methyl sites for hydroxylation is 1. The quantitative estimate of drug-likeness (QED) is 0.607. The van der Waals surface area contributed by atoms with Gasteiger partial charge in [-0.2, -0.15) is 0 Å². The smallest absolute Gasteiger partial charge is 0.414 e. The van der Waals surface area contributed by atoms with Crippen LogP contribution in [-0.2, 0) is 27.4 Å². The highest BCUT2D eigenvalue weighted by Gasteiger charge is 2.27. The highest BCUT2D eigenvalue weighted by Crippen LogP contribution is 2.37. The summed E-state index contributed by atoms with van der Waals surface area (Å²) in [5.74, 6) is -1.23. The normalized spacial score (nSPS) is 13.6. The lowest BCUT2D eigenvalue weighted by atomic mass is 10.0. The van der Waals surface area contributed by atoms with Crippen LogP contribution in [0.15, 0.2) is 29.2 Å². The van der Waals surface area contributed by atoms with E-state index in [1.165, 1.54) is 42.5 Å². The molecule has 10 heteroatoms. The second kappa shape index (κ2) is 10.3. The van der Waals surface area contributed by atoms with E-state index in [0.717, 1.165) is 36.1 Å². The third-order valence-electron chi connectivity index (χ3n) is 5.20. The van der Waals surface area contributed by atoms with Gasteiger partial charge in [0.1, 0.15) is 5.00 Å². The summed E-state index contributed by atoms with van der Waals surface area (Å²) in [6.45, 7) is 3.30. The predicted molar refractivity (Wildman–Crippen MR) is 122 cm³/mol. The lowest BCUT2D eigenvalue weighted by Crippen LogP contribution is -2.32. The van der Waals surface area contributed by atoms with Crippen molar-refractivity contribution in [3.63, 3.8) is 0 Å². The zero-order chi connectivity index (χ0) is 23.3. The molecular weight excluding hydrogens is 452 g/mol. The average Bonchev–Trinajstić information content (AvgIpc) is 2.94. The SMILES string of the molecule is CCOC(=O)NC(=O)c1c(NC(=O)c2cccc(S(=O)(=O)CC)c2)sc2c1CCCCC2. The molecule has 0 fully saturated rings. The van der Waals surface area contributed by atoms with Gasteiger partial charge in [-0.3, -0.25) is 14.9 Å². The van der Waals surface area contributed by atoms with E-state index in [-0.39, 0.29) is 28.4 Å². The minimum atomic E-state index is -3.47. The van der Waals surface area contributed by atoms with Crippen molar-refractivity contribution in [2.75, 3.05) is 17.7 Å². The molecule has 3 rings (SSSR count). The van der Waals surface area contributed by atoms with Crippen LogP contribution in [0.25, 0.3) is 0 Å². The van der Waals surface area contributed by atoms with E-state index < -0.39 is 27.7 Å². The second-order valence-electron chi connectivity index (χ2n) is 7.33. The Morgan fingerprint density at radius 1 is 1.06 bits per heavy atom. The van der Waals surface area contributed by atoms with Crippen LogP contribution in [-0.4, -0.2) is 38.7 Å². The molecule has 0 aliphatic heterocycles. The summed E-state index contributed by atoms with van der Waals surface area (Å²) < 4.78 is 29.2. The Labute approximate surface area is 191 Å². The van der Waals surface area contributed by atoms with Crippen LogP contribution in [0.3, 0.4) is 0 Å². The second-order valence-corrected chi connectivity index (χ2v) is 10.7. The summed E-state index contributed by atoms with van der Waals surface area (Å²) in [4.78, 5) is 38.7. The number of nitrogens with one attached hydrogen (secondary N) is 2. The number of anilines is 1. The minimum absolute atomic E-state index is 0.0647. The first-order valence-corrected chi connectivity index (χ1v) is 13.0. The topological polar surface area (TPSA) is 119 Å². The molecule has 8 nitrogen and oxygen atoms in total. The van der Waals surface area contributed by atoms with E-state index in [1.54, 1.807) is 6.92 Å². The molecule has 3 amide bonds. The number of ether oxygens (including phenoxy) is 1. The van der Waals surface area contributed by atoms with Crippen molar-refractivity contribution in [3.05, 3.63) is 45.8 Å². The molecule has 0 saturated heterocycles. The van der Waals surface area contributed by atoms with Crippen LogP contribution in [0.4, 0.5) is 9.80 Å². The number of imide groups is 1. The summed E-state index contributed by atoms with van der Waals surface area (Å²) in [6, 6.07) is 5.79. The molecule has 2 N–H and O–H groups in total. The molecule has 0 atom stereocenters. The maximum absolute atomic E-state index is 12.9. The molecule has 1 aliphatic rings. The molecule has 2 aromatic rings. The molecular formula is C22H26N2O6S2. The lowest BCUT2D eigenvalue weighted by Gasteiger charge is -2.10. The van der Waals surface area contributed by atoms with E-state index in [2.05, 4.69) is 10.6 Å². The lowest BCUT2D eigenvalue weighted by molar-refractivity contribution is 0.0925. The first-order chi connectivity index (χ1) is 15.3. The molecule has 0 saturated carbocycles. The van der Waals surface area contributed by atoms with E-state index in [0.29, 0.717) is 11.4 Å². The molecule has 1 aromatic heterocycles. The largest absolute Gasteiger partial charge is 0.450 e. The Bertz CT molecular complexity index is 1140. The van der Waals surface area contributed by atoms with Crippen LogP contribution in [0.5, 0.6) is 0 Å². The number of fused-ring (bicyclic) bond motifs is 1. The molecule has 0 bridgehead atoms. The highest BCUT2D eigenvalue weighted by atomic mass is 32.2. The fraction of sp³-hybridized carbons (Fsp3) is 0.409. The van der Waals surface area contributed by atoms with Crippen molar-refractivity contribution < 1.29 is 27.5 Å². The molecule has 32 heavy (non-hydrogen) atoms. The standard InChI is InChI=1S/C22H26N2O6S2/c1-3-30-22(27)24-20(26)18-16-11-6-5-7-12-17(16)31-21(18)23-19(25)14-9-8-10-15(13-14)32(28,29)4-2/h8-10,13H,3-7,11-12H2,1-2H3,(H,23,25)(H,24,26,27). The van der Waals surface area contributed by atoms with Crippen LogP contribution in [0, 0.1) is 0 Å². The third-order valence-corrected chi connectivity index (χ3v) is 8.14. The number of hydrogen-bond acceptors (Lipinski definition) is 7. The summed E-state index contributed by atoms with van der Waals surface area (Å²) >= 11 is 1.32. The van der Waals surface area contributed by atoms with Gasteiger partial charge in [0.15, 0.2) is 9.84 Å². The zero-order valence-corrected chi connectivity index (χ0v) is 19.7. The van der Waals surface area contributed by atoms with E-state index >= 15 is 0 Å². The van der Waals surface area contributed by atoms with Gasteiger partial charge in [-0.15, -0.1) is 11.3 Å². The first-order valence-electron chi connectivity index (χ1n) is 10.5. The maximum Gasteiger partial charge on any atom is 0.414 e. The summed E-state index contributed by atoms with van der Waals surface area (Å²) in [5.41, 5.74) is 1.28. The Hall–Kier alpha value is -2.72. The summed E-state index contributed by atoms with van der Waals surface area (Å²) in [5, 5.41) is 5.32. The van der Waals surface area contributed by atoms with Crippen molar-refractivity contribution >= 4 is 44.1 Å². The molecule has 1 aromatic carbocycles. The number of thiophene rings is 1. The van der Waals surface area contributed by atoms with Crippen LogP contribution < -0.4 is 10.6 Å². The molecule has 1 aliphatic carbocycles. The molecule has 0 unspecified atom stereocenters. The average molecular weight is 479 g/mol. The van der Waals surface area contributed by atoms with Gasteiger partial charge in [-0.05, 0) is 56.4 Å². The minimum Gasteiger partial charge on any atom is -0.450 e. The van der Waals surface area contributed by atoms with Crippen LogP contribution in [0.2, 0.25) is 0 Å². The first kappa shape index (κ1) is 23.9. The number of sulfone groups is 1. The van der Waals surface area contributed by atoms with Gasteiger partial charge in [-0.1, -0.05) is 19.4 Å². The van der Waals surface area contributed by atoms with Crippen molar-refractivity contribution in [1.29, 1.82) is 0 Å². The number of rotatable bonds is 6. The van der Waals surface area contributed by atoms with Gasteiger partial charge in [0.05, 0.1) is 22.8 Å². The van der Waals surface area contributed by atoms with Gasteiger partial charge in [0.2, 0.25) is 0 Å². The fourth-order valence-electron chi connectivity index (χ4n) is 3.57. The van der Waals surface area contributed by atoms with E-state index in [9.17, 15) is 22.8 Å². The van der Waals surface area contributed by atoms with Crippen LogP contribution >= 0.6 is 11.3 Å².